The van der Waals surface area contributed by atoms with Gasteiger partial charge in [-0.25, -0.2) is 4.98 Å². The first-order chi connectivity index (χ1) is 11.6. The minimum Gasteiger partial charge on any atom is -0.298 e. The monoisotopic (exact) mass is 336 g/mol. The Bertz CT molecular complexity index is 837. The lowest BCUT2D eigenvalue weighted by Gasteiger charge is -2.03. The number of carbonyl (C=O) groups is 1. The molecule has 3 nitrogen and oxygen atoms in total. The van der Waals surface area contributed by atoms with E-state index in [2.05, 4.69) is 48.4 Å². The molecule has 1 N–H and O–H groups in total. The molecule has 3 aromatic rings. The van der Waals surface area contributed by atoms with Crippen LogP contribution < -0.4 is 5.32 Å². The number of nitrogens with zero attached hydrogens (tertiary/aromatic N) is 1. The second-order valence-electron chi connectivity index (χ2n) is 5.80. The average Bonchev–Trinajstić information content (AvgIpc) is 3.02. The van der Waals surface area contributed by atoms with Crippen molar-refractivity contribution in [2.45, 2.75) is 26.7 Å². The zero-order valence-corrected chi connectivity index (χ0v) is 14.7. The number of amides is 1. The highest BCUT2D eigenvalue weighted by atomic mass is 32.1. The Labute approximate surface area is 146 Å². The zero-order valence-electron chi connectivity index (χ0n) is 13.9. The van der Waals surface area contributed by atoms with Crippen LogP contribution in [0.5, 0.6) is 0 Å². The number of aromatic nitrogens is 1. The number of hydrogen-bond donors (Lipinski definition) is 1. The molecule has 1 amide bonds. The molecule has 0 atom stereocenters. The third kappa shape index (κ3) is 4.09. The van der Waals surface area contributed by atoms with Gasteiger partial charge in [-0.05, 0) is 36.6 Å². The van der Waals surface area contributed by atoms with E-state index < -0.39 is 0 Å². The standard InChI is InChI=1S/C20H20N2OS/c1-3-15-7-9-17(10-8-15)19(23)22-20-21-13-18(24-20)12-16-6-4-5-14(2)11-16/h4-11,13H,3,12H2,1-2H3,(H,21,22,23). The van der Waals surface area contributed by atoms with E-state index in [4.69, 9.17) is 0 Å². The average molecular weight is 336 g/mol. The Hall–Kier alpha value is -2.46. The van der Waals surface area contributed by atoms with Gasteiger partial charge in [-0.1, -0.05) is 48.9 Å². The highest BCUT2D eigenvalue weighted by molar-refractivity contribution is 7.15. The molecule has 0 aliphatic heterocycles. The van der Waals surface area contributed by atoms with Crippen LogP contribution in [0.3, 0.4) is 0 Å². The predicted octanol–water partition coefficient (Wildman–Crippen LogP) is 4.86. The minimum absolute atomic E-state index is 0.117. The molecule has 24 heavy (non-hydrogen) atoms. The van der Waals surface area contributed by atoms with Crippen LogP contribution in [0.25, 0.3) is 0 Å². The maximum Gasteiger partial charge on any atom is 0.257 e. The summed E-state index contributed by atoms with van der Waals surface area (Å²) < 4.78 is 0. The van der Waals surface area contributed by atoms with Crippen molar-refractivity contribution in [2.24, 2.45) is 0 Å². The Morgan fingerprint density at radius 1 is 1.12 bits per heavy atom. The van der Waals surface area contributed by atoms with Crippen molar-refractivity contribution in [3.05, 3.63) is 81.9 Å². The molecular weight excluding hydrogens is 316 g/mol. The van der Waals surface area contributed by atoms with Crippen LogP contribution in [0.4, 0.5) is 5.13 Å². The van der Waals surface area contributed by atoms with Crippen molar-refractivity contribution in [1.29, 1.82) is 0 Å². The van der Waals surface area contributed by atoms with Gasteiger partial charge in [-0.2, -0.15) is 0 Å². The van der Waals surface area contributed by atoms with Gasteiger partial charge in [-0.15, -0.1) is 11.3 Å². The predicted molar refractivity (Wildman–Crippen MR) is 99.9 cm³/mol. The number of thiazole rings is 1. The van der Waals surface area contributed by atoms with Gasteiger partial charge in [0, 0.05) is 23.1 Å². The molecular formula is C20H20N2OS. The summed E-state index contributed by atoms with van der Waals surface area (Å²) in [5, 5.41) is 3.52. The van der Waals surface area contributed by atoms with Crippen LogP contribution in [0, 0.1) is 6.92 Å². The molecule has 0 unspecified atom stereocenters. The molecule has 3 rings (SSSR count). The van der Waals surface area contributed by atoms with Crippen molar-refractivity contribution in [1.82, 2.24) is 4.98 Å². The van der Waals surface area contributed by atoms with Crippen LogP contribution in [0.1, 0.15) is 38.8 Å². The van der Waals surface area contributed by atoms with Crippen LogP contribution in [-0.2, 0) is 12.8 Å². The highest BCUT2D eigenvalue weighted by Gasteiger charge is 2.09. The third-order valence-electron chi connectivity index (χ3n) is 3.86. The lowest BCUT2D eigenvalue weighted by Crippen LogP contribution is -2.11. The summed E-state index contributed by atoms with van der Waals surface area (Å²) in [5.74, 6) is -0.117. The minimum atomic E-state index is -0.117. The van der Waals surface area contributed by atoms with Gasteiger partial charge in [-0.3, -0.25) is 10.1 Å². The van der Waals surface area contributed by atoms with E-state index >= 15 is 0 Å². The Morgan fingerprint density at radius 2 is 1.92 bits per heavy atom. The highest BCUT2D eigenvalue weighted by Crippen LogP contribution is 2.22. The van der Waals surface area contributed by atoms with Crippen LogP contribution in [0.2, 0.25) is 0 Å². The topological polar surface area (TPSA) is 42.0 Å². The van der Waals surface area contributed by atoms with E-state index in [-0.39, 0.29) is 5.91 Å². The molecule has 0 fully saturated rings. The van der Waals surface area contributed by atoms with Gasteiger partial charge in [0.15, 0.2) is 5.13 Å². The Kier molecular flexibility index (Phi) is 5.06. The smallest absolute Gasteiger partial charge is 0.257 e. The number of aryl methyl sites for hydroxylation is 2. The largest absolute Gasteiger partial charge is 0.298 e. The maximum absolute atomic E-state index is 12.3. The van der Waals surface area contributed by atoms with Crippen molar-refractivity contribution < 1.29 is 4.79 Å². The number of rotatable bonds is 5. The Balaban J connectivity index is 1.65. The second kappa shape index (κ2) is 7.41. The summed E-state index contributed by atoms with van der Waals surface area (Å²) in [5.41, 5.74) is 4.39. The van der Waals surface area contributed by atoms with Crippen molar-refractivity contribution >= 4 is 22.4 Å². The zero-order chi connectivity index (χ0) is 16.9. The molecule has 0 saturated heterocycles. The van der Waals surface area contributed by atoms with E-state index in [1.807, 2.05) is 30.5 Å². The van der Waals surface area contributed by atoms with Crippen LogP contribution >= 0.6 is 11.3 Å². The van der Waals surface area contributed by atoms with Gasteiger partial charge in [0.1, 0.15) is 0 Å². The number of hydrogen-bond acceptors (Lipinski definition) is 3. The quantitative estimate of drug-likeness (QED) is 0.723. The van der Waals surface area contributed by atoms with Gasteiger partial charge in [0.25, 0.3) is 5.91 Å². The summed E-state index contributed by atoms with van der Waals surface area (Å²) in [6, 6.07) is 16.1. The summed E-state index contributed by atoms with van der Waals surface area (Å²) in [6.45, 7) is 4.19. The van der Waals surface area contributed by atoms with E-state index in [9.17, 15) is 4.79 Å². The molecule has 122 valence electrons. The fraction of sp³-hybridized carbons (Fsp3) is 0.200. The third-order valence-corrected chi connectivity index (χ3v) is 4.77. The molecule has 1 aromatic heterocycles. The fourth-order valence-corrected chi connectivity index (χ4v) is 3.37. The van der Waals surface area contributed by atoms with Crippen molar-refractivity contribution in [2.75, 3.05) is 5.32 Å². The number of anilines is 1. The number of nitrogens with one attached hydrogen (secondary N) is 1. The number of benzene rings is 2. The first-order valence-corrected chi connectivity index (χ1v) is 8.86. The molecule has 0 radical (unpaired) electrons. The fourth-order valence-electron chi connectivity index (χ4n) is 2.53. The Morgan fingerprint density at radius 3 is 2.62 bits per heavy atom. The molecule has 0 saturated carbocycles. The number of carbonyl (C=O) groups excluding carboxylic acids is 1. The van der Waals surface area contributed by atoms with E-state index in [0.717, 1.165) is 17.7 Å². The molecule has 0 aliphatic rings. The van der Waals surface area contributed by atoms with E-state index in [1.54, 1.807) is 0 Å². The lowest BCUT2D eigenvalue weighted by atomic mass is 10.1. The lowest BCUT2D eigenvalue weighted by molar-refractivity contribution is 0.102. The molecule has 1 heterocycles. The summed E-state index contributed by atoms with van der Waals surface area (Å²) >= 11 is 1.52. The van der Waals surface area contributed by atoms with Crippen LogP contribution in [0.15, 0.2) is 54.7 Å². The first kappa shape index (κ1) is 16.4. The summed E-state index contributed by atoms with van der Waals surface area (Å²) in [6.07, 6.45) is 3.64. The van der Waals surface area contributed by atoms with Gasteiger partial charge in [0.2, 0.25) is 0 Å². The summed E-state index contributed by atoms with van der Waals surface area (Å²) in [7, 11) is 0. The second-order valence-corrected chi connectivity index (χ2v) is 6.92. The van der Waals surface area contributed by atoms with Gasteiger partial charge >= 0.3 is 0 Å². The SMILES string of the molecule is CCc1ccc(C(=O)Nc2ncc(Cc3cccc(C)c3)s2)cc1. The normalized spacial score (nSPS) is 10.6. The summed E-state index contributed by atoms with van der Waals surface area (Å²) in [4.78, 5) is 17.7. The molecule has 2 aromatic carbocycles. The van der Waals surface area contributed by atoms with Gasteiger partial charge < -0.3 is 0 Å². The van der Waals surface area contributed by atoms with Crippen molar-refractivity contribution in [3.63, 3.8) is 0 Å². The molecule has 0 bridgehead atoms. The molecule has 0 aliphatic carbocycles. The molecule has 4 heteroatoms. The van der Waals surface area contributed by atoms with Crippen molar-refractivity contribution in [3.8, 4) is 0 Å². The van der Waals surface area contributed by atoms with Gasteiger partial charge in [0.05, 0.1) is 0 Å². The first-order valence-electron chi connectivity index (χ1n) is 8.04. The van der Waals surface area contributed by atoms with E-state index in [0.29, 0.717) is 10.7 Å². The molecule has 0 spiro atoms. The van der Waals surface area contributed by atoms with E-state index in [1.165, 1.54) is 28.0 Å². The maximum atomic E-state index is 12.3. The van der Waals surface area contributed by atoms with Crippen LogP contribution in [-0.4, -0.2) is 10.9 Å².